The quantitative estimate of drug-likeness (QED) is 0.463. The maximum Gasteiger partial charge on any atom is 0.315 e. The van der Waals surface area contributed by atoms with Gasteiger partial charge >= 0.3 is 5.97 Å². The van der Waals surface area contributed by atoms with Crippen molar-refractivity contribution in [1.29, 1.82) is 0 Å². The fourth-order valence-electron chi connectivity index (χ4n) is 3.97. The van der Waals surface area contributed by atoms with Crippen molar-refractivity contribution in [3.05, 3.63) is 80.9 Å². The van der Waals surface area contributed by atoms with Crippen molar-refractivity contribution in [3.8, 4) is 0 Å². The Bertz CT molecular complexity index is 1100. The lowest BCUT2D eigenvalue weighted by Crippen LogP contribution is -2.34. The number of carbonyl (C=O) groups is 2. The van der Waals surface area contributed by atoms with Crippen molar-refractivity contribution in [2.24, 2.45) is 10.9 Å². The Morgan fingerprint density at radius 2 is 1.86 bits per heavy atom. The Kier molecular flexibility index (Phi) is 4.15. The van der Waals surface area contributed by atoms with Crippen LogP contribution in [0.1, 0.15) is 34.3 Å². The zero-order valence-electron chi connectivity index (χ0n) is 15.2. The molecule has 28 heavy (non-hydrogen) atoms. The number of nitrogens with zero attached hydrogens (tertiary/aromatic N) is 2. The zero-order chi connectivity index (χ0) is 20.0. The molecule has 0 aromatic heterocycles. The van der Waals surface area contributed by atoms with E-state index in [9.17, 15) is 19.7 Å². The van der Waals surface area contributed by atoms with Crippen molar-refractivity contribution in [1.82, 2.24) is 0 Å². The number of Topliss-reactive ketones (excluding diaryl/α,β-unsaturated/α-hetero) is 1. The van der Waals surface area contributed by atoms with Gasteiger partial charge in [0, 0.05) is 40.5 Å². The number of aliphatic imine (C=N–C) groups is 1. The molecule has 0 fully saturated rings. The van der Waals surface area contributed by atoms with Gasteiger partial charge in [-0.1, -0.05) is 36.4 Å². The van der Waals surface area contributed by atoms with Gasteiger partial charge in [0.05, 0.1) is 17.7 Å². The molecule has 1 aliphatic carbocycles. The number of nitro groups is 1. The standard InChI is InChI=1S/C21H16N2O5/c1-11-16(21(25)28-2)17(12-6-5-7-13(10-12)23(26)27)18-19(22-11)14-8-3-4-9-15(14)20(18)24/h3-10,16-17H,1-2H3/t16?,17-/m1/s1. The third-order valence-corrected chi connectivity index (χ3v) is 5.20. The molecule has 7 heteroatoms. The summed E-state index contributed by atoms with van der Waals surface area (Å²) >= 11 is 0. The second kappa shape index (κ2) is 6.53. The Morgan fingerprint density at radius 3 is 2.54 bits per heavy atom. The van der Waals surface area contributed by atoms with E-state index >= 15 is 0 Å². The number of ketones is 1. The van der Waals surface area contributed by atoms with Gasteiger partial charge in [0.1, 0.15) is 5.92 Å². The van der Waals surface area contributed by atoms with Gasteiger partial charge in [-0.15, -0.1) is 0 Å². The molecule has 0 spiro atoms. The molecule has 7 nitrogen and oxygen atoms in total. The van der Waals surface area contributed by atoms with E-state index in [1.54, 1.807) is 31.2 Å². The Morgan fingerprint density at radius 1 is 1.14 bits per heavy atom. The smallest absolute Gasteiger partial charge is 0.315 e. The third-order valence-electron chi connectivity index (χ3n) is 5.20. The molecule has 2 atom stereocenters. The van der Waals surface area contributed by atoms with Gasteiger partial charge in [-0.05, 0) is 12.5 Å². The summed E-state index contributed by atoms with van der Waals surface area (Å²) in [6, 6.07) is 13.1. The number of fused-ring (bicyclic) bond motifs is 2. The summed E-state index contributed by atoms with van der Waals surface area (Å²) in [5.41, 5.74) is 3.04. The van der Waals surface area contributed by atoms with Crippen LogP contribution in [-0.4, -0.2) is 29.5 Å². The van der Waals surface area contributed by atoms with Crippen LogP contribution >= 0.6 is 0 Å². The summed E-state index contributed by atoms with van der Waals surface area (Å²) in [5.74, 6) is -2.29. The molecular formula is C21H16N2O5. The molecule has 0 amide bonds. The van der Waals surface area contributed by atoms with Crippen LogP contribution < -0.4 is 0 Å². The second-order valence-electron chi connectivity index (χ2n) is 6.72. The summed E-state index contributed by atoms with van der Waals surface area (Å²) in [6.45, 7) is 1.71. The van der Waals surface area contributed by atoms with Crippen LogP contribution in [-0.2, 0) is 9.53 Å². The molecule has 140 valence electrons. The van der Waals surface area contributed by atoms with Gasteiger partial charge in [-0.3, -0.25) is 24.7 Å². The molecule has 0 N–H and O–H groups in total. The van der Waals surface area contributed by atoms with Crippen LogP contribution in [0.15, 0.2) is 59.1 Å². The molecule has 1 aliphatic heterocycles. The Balaban J connectivity index is 1.96. The van der Waals surface area contributed by atoms with Crippen molar-refractivity contribution in [3.63, 3.8) is 0 Å². The van der Waals surface area contributed by atoms with E-state index in [0.717, 1.165) is 0 Å². The first-order valence-corrected chi connectivity index (χ1v) is 8.69. The van der Waals surface area contributed by atoms with E-state index in [0.29, 0.717) is 33.7 Å². The molecule has 0 saturated carbocycles. The first kappa shape index (κ1) is 17.8. The second-order valence-corrected chi connectivity index (χ2v) is 6.72. The zero-order valence-corrected chi connectivity index (χ0v) is 15.2. The fraction of sp³-hybridized carbons (Fsp3) is 0.190. The van der Waals surface area contributed by atoms with Gasteiger partial charge in [0.15, 0.2) is 5.78 Å². The normalized spacial score (nSPS) is 20.4. The average Bonchev–Trinajstić information content (AvgIpc) is 2.98. The highest BCUT2D eigenvalue weighted by molar-refractivity contribution is 6.24. The van der Waals surface area contributed by atoms with Crippen LogP contribution in [0.3, 0.4) is 0 Å². The molecule has 0 saturated heterocycles. The van der Waals surface area contributed by atoms with E-state index in [-0.39, 0.29) is 11.5 Å². The van der Waals surface area contributed by atoms with Crippen molar-refractivity contribution >= 4 is 28.8 Å². The minimum atomic E-state index is -0.830. The highest BCUT2D eigenvalue weighted by Crippen LogP contribution is 2.48. The van der Waals surface area contributed by atoms with Crippen molar-refractivity contribution in [2.45, 2.75) is 12.8 Å². The van der Waals surface area contributed by atoms with Crippen LogP contribution in [0, 0.1) is 16.0 Å². The van der Waals surface area contributed by atoms with E-state index in [4.69, 9.17) is 4.74 Å². The lowest BCUT2D eigenvalue weighted by Gasteiger charge is -2.30. The number of carbonyl (C=O) groups excluding carboxylic acids is 2. The van der Waals surface area contributed by atoms with Crippen molar-refractivity contribution in [2.75, 3.05) is 7.11 Å². The Hall–Kier alpha value is -3.61. The predicted octanol–water partition coefficient (Wildman–Crippen LogP) is 3.55. The van der Waals surface area contributed by atoms with Crippen LogP contribution in [0.2, 0.25) is 0 Å². The molecule has 2 aromatic carbocycles. The molecule has 1 unspecified atom stereocenters. The summed E-state index contributed by atoms with van der Waals surface area (Å²) < 4.78 is 4.96. The van der Waals surface area contributed by atoms with Crippen LogP contribution in [0.5, 0.6) is 0 Å². The highest BCUT2D eigenvalue weighted by atomic mass is 16.6. The monoisotopic (exact) mass is 376 g/mol. The first-order chi connectivity index (χ1) is 13.4. The van der Waals surface area contributed by atoms with Crippen LogP contribution in [0.25, 0.3) is 5.70 Å². The molecule has 1 heterocycles. The number of methoxy groups -OCH3 is 1. The van der Waals surface area contributed by atoms with Gasteiger partial charge in [-0.2, -0.15) is 0 Å². The number of benzene rings is 2. The highest BCUT2D eigenvalue weighted by Gasteiger charge is 2.46. The molecule has 0 bridgehead atoms. The topological polar surface area (TPSA) is 98.9 Å². The van der Waals surface area contributed by atoms with Gasteiger partial charge in [0.25, 0.3) is 5.69 Å². The number of esters is 1. The van der Waals surface area contributed by atoms with E-state index in [1.807, 2.05) is 12.1 Å². The maximum absolute atomic E-state index is 13.2. The average molecular weight is 376 g/mol. The van der Waals surface area contributed by atoms with Gasteiger partial charge < -0.3 is 4.74 Å². The Labute approximate surface area is 160 Å². The number of hydrogen-bond acceptors (Lipinski definition) is 6. The lowest BCUT2D eigenvalue weighted by atomic mass is 9.75. The maximum atomic E-state index is 13.2. The first-order valence-electron chi connectivity index (χ1n) is 8.69. The van der Waals surface area contributed by atoms with Crippen LogP contribution in [0.4, 0.5) is 5.69 Å². The van der Waals surface area contributed by atoms with Gasteiger partial charge in [0.2, 0.25) is 0 Å². The van der Waals surface area contributed by atoms with Crippen molar-refractivity contribution < 1.29 is 19.2 Å². The minimum Gasteiger partial charge on any atom is -0.468 e. The molecule has 0 radical (unpaired) electrons. The number of non-ortho nitro benzene ring substituents is 1. The molecule has 4 rings (SSSR count). The predicted molar refractivity (Wildman–Crippen MR) is 102 cm³/mol. The summed E-state index contributed by atoms with van der Waals surface area (Å²) in [6.07, 6.45) is 0. The third kappa shape index (κ3) is 2.55. The number of ether oxygens (including phenoxy) is 1. The van der Waals surface area contributed by atoms with E-state index < -0.39 is 22.7 Å². The van der Waals surface area contributed by atoms with Gasteiger partial charge in [-0.25, -0.2) is 0 Å². The lowest BCUT2D eigenvalue weighted by molar-refractivity contribution is -0.384. The molecule has 2 aromatic rings. The largest absolute Gasteiger partial charge is 0.468 e. The number of nitro benzene ring substituents is 1. The minimum absolute atomic E-state index is 0.105. The number of allylic oxidation sites excluding steroid dienone is 1. The summed E-state index contributed by atoms with van der Waals surface area (Å²) in [4.78, 5) is 41.1. The summed E-state index contributed by atoms with van der Waals surface area (Å²) in [7, 11) is 1.27. The number of rotatable bonds is 3. The van der Waals surface area contributed by atoms with E-state index in [1.165, 1.54) is 19.2 Å². The fourth-order valence-corrected chi connectivity index (χ4v) is 3.97. The molecular weight excluding hydrogens is 360 g/mol. The number of hydrogen-bond donors (Lipinski definition) is 0. The molecule has 2 aliphatic rings. The van der Waals surface area contributed by atoms with E-state index in [2.05, 4.69) is 4.99 Å². The summed E-state index contributed by atoms with van der Waals surface area (Å²) in [5, 5.41) is 11.3. The SMILES string of the molecule is COC(=O)C1C(C)=NC2=C(C(=O)c3ccccc32)[C@@H]1c1cccc([N+](=O)[O-])c1.